The minimum absolute atomic E-state index is 0.370. The average molecular weight is 156 g/mol. The molecule has 0 heterocycles. The van der Waals surface area contributed by atoms with Crippen LogP contribution in [-0.2, 0) is 0 Å². The van der Waals surface area contributed by atoms with E-state index < -0.39 is 7.12 Å². The van der Waals surface area contributed by atoms with Gasteiger partial charge in [-0.2, -0.15) is 0 Å². The molecule has 3 nitrogen and oxygen atoms in total. The fourth-order valence-corrected chi connectivity index (χ4v) is 0.791. The normalized spacial score (nSPS) is 10.8. The standard InChI is InChI=1S/C7H15BNO2/c1-4-6-9(2,3)7-5-8(10)11/h1,10-11H,5-7H2,2-3H3/q+1. The quantitative estimate of drug-likeness (QED) is 0.317. The average Bonchev–Trinajstić information content (AvgIpc) is 1.84. The van der Waals surface area contributed by atoms with Crippen LogP contribution in [0.15, 0.2) is 0 Å². The van der Waals surface area contributed by atoms with Gasteiger partial charge in [-0.25, -0.2) is 0 Å². The van der Waals surface area contributed by atoms with Gasteiger partial charge in [-0.05, 0) is 5.92 Å². The van der Waals surface area contributed by atoms with Crippen LogP contribution in [0.4, 0.5) is 0 Å². The van der Waals surface area contributed by atoms with E-state index in [2.05, 4.69) is 5.92 Å². The second kappa shape index (κ2) is 4.40. The summed E-state index contributed by atoms with van der Waals surface area (Å²) in [6.45, 7) is 1.30. The van der Waals surface area contributed by atoms with Crippen LogP contribution < -0.4 is 0 Å². The van der Waals surface area contributed by atoms with Crippen LogP contribution in [0.3, 0.4) is 0 Å². The van der Waals surface area contributed by atoms with Crippen molar-refractivity contribution >= 4 is 7.12 Å². The number of nitrogens with zero attached hydrogens (tertiary/aromatic N) is 1. The Bertz CT molecular complexity index is 151. The van der Waals surface area contributed by atoms with Gasteiger partial charge in [0.2, 0.25) is 0 Å². The zero-order valence-corrected chi connectivity index (χ0v) is 7.12. The van der Waals surface area contributed by atoms with Crippen molar-refractivity contribution in [2.45, 2.75) is 6.32 Å². The fraction of sp³-hybridized carbons (Fsp3) is 0.714. The minimum Gasteiger partial charge on any atom is -0.427 e. The van der Waals surface area contributed by atoms with Crippen LogP contribution in [-0.4, -0.2) is 48.8 Å². The minimum atomic E-state index is -1.22. The van der Waals surface area contributed by atoms with Crippen LogP contribution in [0.2, 0.25) is 6.32 Å². The van der Waals surface area contributed by atoms with Gasteiger partial charge in [0.05, 0.1) is 20.6 Å². The summed E-state index contributed by atoms with van der Waals surface area (Å²) in [5.74, 6) is 2.54. The zero-order chi connectivity index (χ0) is 8.91. The van der Waals surface area contributed by atoms with E-state index in [9.17, 15) is 0 Å². The molecular formula is C7H15BNO2+. The number of terminal acetylenes is 1. The molecule has 0 aromatic carbocycles. The van der Waals surface area contributed by atoms with Crippen molar-refractivity contribution in [1.82, 2.24) is 0 Å². The molecule has 0 aliphatic heterocycles. The molecule has 0 atom stereocenters. The van der Waals surface area contributed by atoms with Gasteiger partial charge >= 0.3 is 7.12 Å². The van der Waals surface area contributed by atoms with Gasteiger partial charge < -0.3 is 14.5 Å². The van der Waals surface area contributed by atoms with Crippen molar-refractivity contribution < 1.29 is 14.5 Å². The lowest BCUT2D eigenvalue weighted by Crippen LogP contribution is -2.42. The Balaban J connectivity index is 3.65. The molecule has 0 saturated heterocycles. The van der Waals surface area contributed by atoms with Gasteiger partial charge in [-0.3, -0.25) is 0 Å². The van der Waals surface area contributed by atoms with Crippen molar-refractivity contribution in [3.63, 3.8) is 0 Å². The molecule has 62 valence electrons. The molecule has 0 fully saturated rings. The SMILES string of the molecule is C#CC[N+](C)(C)CCB(O)O. The molecule has 2 N–H and O–H groups in total. The molecule has 0 radical (unpaired) electrons. The van der Waals surface area contributed by atoms with E-state index in [0.717, 1.165) is 0 Å². The maximum absolute atomic E-state index is 8.58. The third kappa shape index (κ3) is 5.93. The van der Waals surface area contributed by atoms with Gasteiger partial charge in [-0.15, -0.1) is 6.42 Å². The van der Waals surface area contributed by atoms with Gasteiger partial charge in [0.1, 0.15) is 6.54 Å². The second-order valence-electron chi connectivity index (χ2n) is 3.29. The van der Waals surface area contributed by atoms with Gasteiger partial charge in [-0.1, -0.05) is 0 Å². The second-order valence-corrected chi connectivity index (χ2v) is 3.29. The van der Waals surface area contributed by atoms with Crippen molar-refractivity contribution in [3.8, 4) is 12.3 Å². The highest BCUT2D eigenvalue weighted by atomic mass is 16.4. The first-order chi connectivity index (χ1) is 4.98. The Morgan fingerprint density at radius 1 is 1.45 bits per heavy atom. The number of hydrogen-bond donors (Lipinski definition) is 2. The summed E-state index contributed by atoms with van der Waals surface area (Å²) in [5.41, 5.74) is 0. The van der Waals surface area contributed by atoms with E-state index in [4.69, 9.17) is 16.5 Å². The summed E-state index contributed by atoms with van der Waals surface area (Å²) in [6, 6.07) is 0. The summed E-state index contributed by atoms with van der Waals surface area (Å²) in [4.78, 5) is 0. The van der Waals surface area contributed by atoms with Crippen LogP contribution in [0, 0.1) is 12.3 Å². The summed E-state index contributed by atoms with van der Waals surface area (Å²) in [5, 5.41) is 17.2. The maximum atomic E-state index is 8.58. The summed E-state index contributed by atoms with van der Waals surface area (Å²) in [7, 11) is 2.70. The summed E-state index contributed by atoms with van der Waals surface area (Å²) in [6.07, 6.45) is 5.50. The van der Waals surface area contributed by atoms with Crippen LogP contribution in [0.25, 0.3) is 0 Å². The molecule has 0 bridgehead atoms. The maximum Gasteiger partial charge on any atom is 0.457 e. The van der Waals surface area contributed by atoms with Gasteiger partial charge in [0.25, 0.3) is 0 Å². The predicted octanol–water partition coefficient (Wildman–Crippen LogP) is -0.831. The Morgan fingerprint density at radius 2 is 2.00 bits per heavy atom. The lowest BCUT2D eigenvalue weighted by atomic mass is 9.86. The molecule has 0 rings (SSSR count). The van der Waals surface area contributed by atoms with E-state index >= 15 is 0 Å². The molecule has 0 aliphatic rings. The topological polar surface area (TPSA) is 40.5 Å². The highest BCUT2D eigenvalue weighted by Gasteiger charge is 2.17. The molecule has 0 amide bonds. The molecule has 0 aromatic rings. The summed E-state index contributed by atoms with van der Waals surface area (Å²) >= 11 is 0. The fourth-order valence-electron chi connectivity index (χ4n) is 0.791. The van der Waals surface area contributed by atoms with E-state index in [0.29, 0.717) is 23.9 Å². The van der Waals surface area contributed by atoms with Crippen molar-refractivity contribution in [2.75, 3.05) is 27.2 Å². The molecule has 11 heavy (non-hydrogen) atoms. The number of hydrogen-bond acceptors (Lipinski definition) is 2. The van der Waals surface area contributed by atoms with E-state index in [1.807, 2.05) is 14.1 Å². The number of quaternary nitrogens is 1. The number of rotatable bonds is 4. The molecule has 0 aromatic heterocycles. The smallest absolute Gasteiger partial charge is 0.427 e. The van der Waals surface area contributed by atoms with Crippen LogP contribution in [0.1, 0.15) is 0 Å². The third-order valence-electron chi connectivity index (χ3n) is 1.51. The largest absolute Gasteiger partial charge is 0.457 e. The van der Waals surface area contributed by atoms with Crippen molar-refractivity contribution in [3.05, 3.63) is 0 Å². The van der Waals surface area contributed by atoms with Crippen LogP contribution >= 0.6 is 0 Å². The lowest BCUT2D eigenvalue weighted by Gasteiger charge is -2.27. The highest BCUT2D eigenvalue weighted by molar-refractivity contribution is 6.41. The molecular weight excluding hydrogens is 141 g/mol. The molecule has 4 heteroatoms. The zero-order valence-electron chi connectivity index (χ0n) is 7.12. The van der Waals surface area contributed by atoms with Crippen molar-refractivity contribution in [1.29, 1.82) is 0 Å². The van der Waals surface area contributed by atoms with E-state index in [-0.39, 0.29) is 0 Å². The van der Waals surface area contributed by atoms with E-state index in [1.165, 1.54) is 0 Å². The lowest BCUT2D eigenvalue weighted by molar-refractivity contribution is -0.881. The summed E-state index contributed by atoms with van der Waals surface area (Å²) < 4.78 is 0.633. The predicted molar refractivity (Wildman–Crippen MR) is 45.7 cm³/mol. The highest BCUT2D eigenvalue weighted by Crippen LogP contribution is 1.99. The Kier molecular flexibility index (Phi) is 4.20. The third-order valence-corrected chi connectivity index (χ3v) is 1.51. The first-order valence-electron chi connectivity index (χ1n) is 3.59. The van der Waals surface area contributed by atoms with Crippen LogP contribution in [0.5, 0.6) is 0 Å². The first kappa shape index (κ1) is 10.5. The monoisotopic (exact) mass is 156 g/mol. The Hall–Kier alpha value is -0.495. The van der Waals surface area contributed by atoms with Gasteiger partial charge in [0, 0.05) is 6.32 Å². The van der Waals surface area contributed by atoms with Gasteiger partial charge in [0.15, 0.2) is 0 Å². The molecule has 0 saturated carbocycles. The van der Waals surface area contributed by atoms with Crippen molar-refractivity contribution in [2.24, 2.45) is 0 Å². The molecule has 0 spiro atoms. The molecule has 0 unspecified atom stereocenters. The Morgan fingerprint density at radius 3 is 2.36 bits per heavy atom. The Labute approximate surface area is 68.4 Å². The van der Waals surface area contributed by atoms with E-state index in [1.54, 1.807) is 0 Å². The molecule has 0 aliphatic carbocycles. The first-order valence-corrected chi connectivity index (χ1v) is 3.59.